The third-order valence-corrected chi connectivity index (χ3v) is 5.26. The van der Waals surface area contributed by atoms with Gasteiger partial charge in [0.25, 0.3) is 0 Å². The van der Waals surface area contributed by atoms with Crippen LogP contribution in [-0.4, -0.2) is 25.5 Å². The lowest BCUT2D eigenvalue weighted by atomic mass is 10.2. The summed E-state index contributed by atoms with van der Waals surface area (Å²) in [5, 5.41) is 11.3. The Morgan fingerprint density at radius 1 is 1.50 bits per heavy atom. The van der Waals surface area contributed by atoms with Gasteiger partial charge >= 0.3 is 0 Å². The van der Waals surface area contributed by atoms with Gasteiger partial charge in [-0.1, -0.05) is 51.2 Å². The summed E-state index contributed by atoms with van der Waals surface area (Å²) < 4.78 is 27.4. The largest absolute Gasteiger partial charge is 0.409 e. The molecule has 0 radical (unpaired) electrons. The molecule has 0 aliphatic carbocycles. The minimum absolute atomic E-state index is 0.0359. The molecule has 1 atom stereocenters. The molecule has 10 heteroatoms. The zero-order chi connectivity index (χ0) is 15.5. The molecule has 20 heavy (non-hydrogen) atoms. The first-order chi connectivity index (χ1) is 9.22. The van der Waals surface area contributed by atoms with Crippen molar-refractivity contribution in [1.82, 2.24) is 4.72 Å². The van der Waals surface area contributed by atoms with Crippen LogP contribution in [0.2, 0.25) is 10.0 Å². The van der Waals surface area contributed by atoms with Gasteiger partial charge in [0.05, 0.1) is 16.1 Å². The number of oxime groups is 1. The summed E-state index contributed by atoms with van der Waals surface area (Å²) in [5.41, 5.74) is 5.41. The zero-order valence-electron chi connectivity index (χ0n) is 10.3. The Labute approximate surface area is 135 Å². The van der Waals surface area contributed by atoms with E-state index in [0.717, 1.165) is 0 Å². The van der Waals surface area contributed by atoms with Crippen molar-refractivity contribution in [3.63, 3.8) is 0 Å². The molecule has 0 amide bonds. The molecule has 0 saturated carbocycles. The van der Waals surface area contributed by atoms with Crippen LogP contribution < -0.4 is 10.5 Å². The Kier molecular flexibility index (Phi) is 6.08. The van der Waals surface area contributed by atoms with Gasteiger partial charge in [0, 0.05) is 4.47 Å². The quantitative estimate of drug-likeness (QED) is 0.303. The van der Waals surface area contributed by atoms with Gasteiger partial charge in [0.1, 0.15) is 4.90 Å². The molecule has 0 fully saturated rings. The van der Waals surface area contributed by atoms with Gasteiger partial charge < -0.3 is 10.9 Å². The Balaban J connectivity index is 3.25. The minimum atomic E-state index is -4.01. The van der Waals surface area contributed by atoms with Gasteiger partial charge in [0.2, 0.25) is 10.0 Å². The monoisotopic (exact) mass is 403 g/mol. The number of nitrogens with two attached hydrogens (primary N) is 1. The second kappa shape index (κ2) is 6.95. The van der Waals surface area contributed by atoms with Crippen LogP contribution in [-0.2, 0) is 10.0 Å². The second-order valence-corrected chi connectivity index (χ2v) is 7.19. The fraction of sp³-hybridized carbons (Fsp3) is 0.300. The van der Waals surface area contributed by atoms with E-state index in [9.17, 15) is 8.42 Å². The topological polar surface area (TPSA) is 105 Å². The van der Waals surface area contributed by atoms with Crippen LogP contribution in [0.25, 0.3) is 0 Å². The SMILES string of the molecule is CCC(NS(=O)(=O)c1c(Cl)cc(Br)cc1Cl)/C(N)=N/O. The third-order valence-electron chi connectivity index (χ3n) is 2.41. The van der Waals surface area contributed by atoms with E-state index in [1.165, 1.54) is 12.1 Å². The highest BCUT2D eigenvalue weighted by Crippen LogP contribution is 2.32. The van der Waals surface area contributed by atoms with Gasteiger partial charge in [0.15, 0.2) is 5.84 Å². The average molecular weight is 405 g/mol. The van der Waals surface area contributed by atoms with Crippen molar-refractivity contribution in [3.05, 3.63) is 26.7 Å². The Morgan fingerprint density at radius 3 is 2.40 bits per heavy atom. The summed E-state index contributed by atoms with van der Waals surface area (Å²) in [6, 6.07) is 1.96. The fourth-order valence-corrected chi connectivity index (χ4v) is 4.68. The number of nitrogens with zero attached hydrogens (tertiary/aromatic N) is 1. The van der Waals surface area contributed by atoms with E-state index in [4.69, 9.17) is 34.1 Å². The lowest BCUT2D eigenvalue weighted by molar-refractivity contribution is 0.315. The van der Waals surface area contributed by atoms with E-state index in [-0.39, 0.29) is 20.8 Å². The molecule has 0 heterocycles. The first kappa shape index (κ1) is 17.5. The Bertz CT molecular complexity index is 614. The number of rotatable bonds is 5. The van der Waals surface area contributed by atoms with E-state index >= 15 is 0 Å². The van der Waals surface area contributed by atoms with E-state index in [2.05, 4.69) is 25.8 Å². The molecule has 0 aromatic heterocycles. The van der Waals surface area contributed by atoms with Crippen molar-refractivity contribution in [2.75, 3.05) is 0 Å². The maximum absolute atomic E-state index is 12.3. The molecule has 4 N–H and O–H groups in total. The van der Waals surface area contributed by atoms with Crippen LogP contribution in [0.3, 0.4) is 0 Å². The molecule has 0 saturated heterocycles. The molecule has 0 spiro atoms. The molecule has 1 aromatic carbocycles. The van der Waals surface area contributed by atoms with Gasteiger partial charge in [-0.2, -0.15) is 0 Å². The maximum Gasteiger partial charge on any atom is 0.244 e. The number of benzene rings is 1. The van der Waals surface area contributed by atoms with Crippen LogP contribution in [0.15, 0.2) is 26.7 Å². The first-order valence-corrected chi connectivity index (χ1v) is 8.40. The molecule has 0 bridgehead atoms. The smallest absolute Gasteiger partial charge is 0.244 e. The van der Waals surface area contributed by atoms with Gasteiger partial charge in [-0.25, -0.2) is 13.1 Å². The molecule has 1 unspecified atom stereocenters. The van der Waals surface area contributed by atoms with E-state index in [0.29, 0.717) is 10.9 Å². The summed E-state index contributed by atoms with van der Waals surface area (Å²) in [5.74, 6) is -0.250. The number of hydrogen-bond donors (Lipinski definition) is 3. The molecule has 1 rings (SSSR count). The van der Waals surface area contributed by atoms with Crippen molar-refractivity contribution < 1.29 is 13.6 Å². The first-order valence-electron chi connectivity index (χ1n) is 5.37. The number of nitrogens with one attached hydrogen (secondary N) is 1. The summed E-state index contributed by atoms with van der Waals surface area (Å²) in [6.45, 7) is 1.68. The Hall–Kier alpha value is -0.540. The number of halogens is 3. The average Bonchev–Trinajstić information content (AvgIpc) is 2.33. The molecular formula is C10H12BrCl2N3O3S. The van der Waals surface area contributed by atoms with Crippen molar-refractivity contribution in [1.29, 1.82) is 0 Å². The highest BCUT2D eigenvalue weighted by atomic mass is 79.9. The van der Waals surface area contributed by atoms with Crippen molar-refractivity contribution in [2.24, 2.45) is 10.9 Å². The molecular weight excluding hydrogens is 393 g/mol. The van der Waals surface area contributed by atoms with E-state index in [1.54, 1.807) is 6.92 Å². The van der Waals surface area contributed by atoms with Crippen LogP contribution in [0.1, 0.15) is 13.3 Å². The van der Waals surface area contributed by atoms with Crippen molar-refractivity contribution in [3.8, 4) is 0 Å². The van der Waals surface area contributed by atoms with Crippen molar-refractivity contribution >= 4 is 55.0 Å². The maximum atomic E-state index is 12.3. The van der Waals surface area contributed by atoms with Crippen LogP contribution >= 0.6 is 39.1 Å². The zero-order valence-corrected chi connectivity index (χ0v) is 14.2. The summed E-state index contributed by atoms with van der Waals surface area (Å²) in [7, 11) is -4.01. The highest BCUT2D eigenvalue weighted by molar-refractivity contribution is 9.10. The number of hydrogen-bond acceptors (Lipinski definition) is 4. The van der Waals surface area contributed by atoms with Crippen LogP contribution in [0.4, 0.5) is 0 Å². The number of sulfonamides is 1. The number of amidine groups is 1. The highest BCUT2D eigenvalue weighted by Gasteiger charge is 2.26. The molecule has 0 aliphatic heterocycles. The predicted octanol–water partition coefficient (Wildman–Crippen LogP) is 2.56. The lowest BCUT2D eigenvalue weighted by Crippen LogP contribution is -2.44. The van der Waals surface area contributed by atoms with Crippen LogP contribution in [0, 0.1) is 0 Å². The summed E-state index contributed by atoms with van der Waals surface area (Å²) in [6.07, 6.45) is 0.293. The minimum Gasteiger partial charge on any atom is -0.409 e. The standard InChI is InChI=1S/C10H12BrCl2N3O3S/c1-2-8(10(14)15-17)16-20(18,19)9-6(12)3-5(11)4-7(9)13/h3-4,8,16-17H,2H2,1H3,(H2,14,15). The third kappa shape index (κ3) is 3.98. The fourth-order valence-electron chi connectivity index (χ4n) is 1.45. The normalized spacial score (nSPS) is 14.3. The van der Waals surface area contributed by atoms with E-state index < -0.39 is 16.1 Å². The summed E-state index contributed by atoms with van der Waals surface area (Å²) in [4.78, 5) is -0.256. The lowest BCUT2D eigenvalue weighted by Gasteiger charge is -2.17. The van der Waals surface area contributed by atoms with Crippen molar-refractivity contribution in [2.45, 2.75) is 24.3 Å². The molecule has 1 aromatic rings. The summed E-state index contributed by atoms with van der Waals surface area (Å²) >= 11 is 15.0. The Morgan fingerprint density at radius 2 is 2.00 bits per heavy atom. The van der Waals surface area contributed by atoms with Gasteiger partial charge in [-0.3, -0.25) is 0 Å². The predicted molar refractivity (Wildman–Crippen MR) is 82.0 cm³/mol. The molecule has 6 nitrogen and oxygen atoms in total. The second-order valence-electron chi connectivity index (χ2n) is 3.81. The van der Waals surface area contributed by atoms with Gasteiger partial charge in [-0.15, -0.1) is 0 Å². The van der Waals surface area contributed by atoms with E-state index in [1.807, 2.05) is 0 Å². The van der Waals surface area contributed by atoms with Gasteiger partial charge in [-0.05, 0) is 18.6 Å². The van der Waals surface area contributed by atoms with Crippen LogP contribution in [0.5, 0.6) is 0 Å². The molecule has 112 valence electrons. The molecule has 0 aliphatic rings.